The summed E-state index contributed by atoms with van der Waals surface area (Å²) in [5, 5.41) is 2.07. The normalized spacial score (nSPS) is 11.1. The first-order valence-electron chi connectivity index (χ1n) is 4.66. The summed E-state index contributed by atoms with van der Waals surface area (Å²) in [5.41, 5.74) is 8.28. The molecule has 0 aliphatic carbocycles. The molecule has 2 N–H and O–H groups in total. The number of nitrogens with two attached hydrogens (primary N) is 1. The van der Waals surface area contributed by atoms with Crippen LogP contribution in [0.3, 0.4) is 0 Å². The van der Waals surface area contributed by atoms with Crippen molar-refractivity contribution in [1.29, 1.82) is 0 Å². The molecule has 1 heterocycles. The molecular formula is C9H17N3OS. The summed E-state index contributed by atoms with van der Waals surface area (Å²) in [4.78, 5) is 6.40. The standard InChI is InChI=1S/C9H17N3OS/c1-12(3-5-13-4-2-10)6-9-7-14-8-11-9/h7-8H,2-6,10H2,1H3. The molecule has 0 radical (unpaired) electrons. The molecule has 1 aromatic rings. The van der Waals surface area contributed by atoms with E-state index in [1.165, 1.54) is 0 Å². The fourth-order valence-electron chi connectivity index (χ4n) is 1.08. The molecule has 0 aliphatic rings. The summed E-state index contributed by atoms with van der Waals surface area (Å²) in [6.45, 7) is 3.77. The van der Waals surface area contributed by atoms with Gasteiger partial charge in [-0.1, -0.05) is 0 Å². The van der Waals surface area contributed by atoms with Gasteiger partial charge in [-0.15, -0.1) is 11.3 Å². The highest BCUT2D eigenvalue weighted by Crippen LogP contribution is 2.03. The molecule has 0 saturated carbocycles. The van der Waals surface area contributed by atoms with Crippen molar-refractivity contribution in [3.05, 3.63) is 16.6 Å². The molecular weight excluding hydrogens is 198 g/mol. The number of hydrogen-bond acceptors (Lipinski definition) is 5. The molecule has 4 nitrogen and oxygen atoms in total. The van der Waals surface area contributed by atoms with Crippen LogP contribution in [-0.4, -0.2) is 43.2 Å². The molecule has 0 unspecified atom stereocenters. The molecule has 0 aromatic carbocycles. The van der Waals surface area contributed by atoms with Crippen LogP contribution in [0.4, 0.5) is 0 Å². The van der Waals surface area contributed by atoms with E-state index in [4.69, 9.17) is 10.5 Å². The van der Waals surface area contributed by atoms with E-state index < -0.39 is 0 Å². The highest BCUT2D eigenvalue weighted by molar-refractivity contribution is 7.07. The van der Waals surface area contributed by atoms with Crippen molar-refractivity contribution in [2.24, 2.45) is 5.73 Å². The molecule has 1 aromatic heterocycles. The van der Waals surface area contributed by atoms with Gasteiger partial charge in [0.2, 0.25) is 0 Å². The van der Waals surface area contributed by atoms with Gasteiger partial charge in [0, 0.05) is 25.0 Å². The zero-order chi connectivity index (χ0) is 10.2. The van der Waals surface area contributed by atoms with Crippen LogP contribution >= 0.6 is 11.3 Å². The van der Waals surface area contributed by atoms with Crippen LogP contribution in [0.1, 0.15) is 5.69 Å². The van der Waals surface area contributed by atoms with Crippen molar-refractivity contribution in [2.75, 3.05) is 33.4 Å². The van der Waals surface area contributed by atoms with Gasteiger partial charge in [0.15, 0.2) is 0 Å². The lowest BCUT2D eigenvalue weighted by atomic mass is 10.4. The molecule has 0 saturated heterocycles. The Morgan fingerprint density at radius 3 is 3.07 bits per heavy atom. The maximum Gasteiger partial charge on any atom is 0.0795 e. The van der Waals surface area contributed by atoms with E-state index in [2.05, 4.69) is 22.3 Å². The van der Waals surface area contributed by atoms with Crippen LogP contribution in [0.2, 0.25) is 0 Å². The zero-order valence-electron chi connectivity index (χ0n) is 8.48. The third kappa shape index (κ3) is 4.66. The van der Waals surface area contributed by atoms with Crippen LogP contribution in [0.15, 0.2) is 10.9 Å². The number of thiazole rings is 1. The van der Waals surface area contributed by atoms with Crippen LogP contribution in [-0.2, 0) is 11.3 Å². The number of ether oxygens (including phenoxy) is 1. The Morgan fingerprint density at radius 2 is 2.43 bits per heavy atom. The fraction of sp³-hybridized carbons (Fsp3) is 0.667. The number of nitrogens with zero attached hydrogens (tertiary/aromatic N) is 2. The van der Waals surface area contributed by atoms with Gasteiger partial charge in [0.25, 0.3) is 0 Å². The minimum atomic E-state index is 0.593. The maximum absolute atomic E-state index is 5.31. The minimum absolute atomic E-state index is 0.593. The predicted molar refractivity (Wildman–Crippen MR) is 58.3 cm³/mol. The molecule has 0 bridgehead atoms. The first kappa shape index (κ1) is 11.6. The average molecular weight is 215 g/mol. The van der Waals surface area contributed by atoms with Gasteiger partial charge in [-0.2, -0.15) is 0 Å². The highest BCUT2D eigenvalue weighted by Gasteiger charge is 2.01. The molecule has 0 fully saturated rings. The van der Waals surface area contributed by atoms with E-state index in [-0.39, 0.29) is 0 Å². The SMILES string of the molecule is CN(CCOCCN)Cc1cscn1. The van der Waals surface area contributed by atoms with Crippen molar-refractivity contribution in [1.82, 2.24) is 9.88 Å². The van der Waals surface area contributed by atoms with Gasteiger partial charge in [0.1, 0.15) is 0 Å². The summed E-state index contributed by atoms with van der Waals surface area (Å²) in [6, 6.07) is 0. The van der Waals surface area contributed by atoms with Crippen molar-refractivity contribution >= 4 is 11.3 Å². The van der Waals surface area contributed by atoms with Crippen molar-refractivity contribution in [2.45, 2.75) is 6.54 Å². The molecule has 80 valence electrons. The van der Waals surface area contributed by atoms with Crippen molar-refractivity contribution in [3.8, 4) is 0 Å². The average Bonchev–Trinajstić information content (AvgIpc) is 2.65. The van der Waals surface area contributed by atoms with E-state index in [1.54, 1.807) is 11.3 Å². The van der Waals surface area contributed by atoms with Crippen LogP contribution in [0, 0.1) is 0 Å². The number of aromatic nitrogens is 1. The Balaban J connectivity index is 2.07. The second-order valence-corrected chi connectivity index (χ2v) is 3.84. The Labute approximate surface area is 88.7 Å². The topological polar surface area (TPSA) is 51.4 Å². The molecule has 0 amide bonds. The van der Waals surface area contributed by atoms with E-state index in [9.17, 15) is 0 Å². The van der Waals surface area contributed by atoms with Crippen molar-refractivity contribution in [3.63, 3.8) is 0 Å². The molecule has 1 rings (SSSR count). The van der Waals surface area contributed by atoms with Gasteiger partial charge < -0.3 is 10.5 Å². The lowest BCUT2D eigenvalue weighted by Crippen LogP contribution is -2.24. The zero-order valence-corrected chi connectivity index (χ0v) is 9.30. The number of hydrogen-bond donors (Lipinski definition) is 1. The lowest BCUT2D eigenvalue weighted by molar-refractivity contribution is 0.115. The lowest BCUT2D eigenvalue weighted by Gasteiger charge is -2.14. The summed E-state index contributed by atoms with van der Waals surface area (Å²) in [6.07, 6.45) is 0. The molecule has 5 heteroatoms. The molecule has 14 heavy (non-hydrogen) atoms. The molecule has 0 aliphatic heterocycles. The van der Waals surface area contributed by atoms with E-state index in [0.717, 1.165) is 25.4 Å². The highest BCUT2D eigenvalue weighted by atomic mass is 32.1. The summed E-state index contributed by atoms with van der Waals surface area (Å²) in [7, 11) is 2.06. The van der Waals surface area contributed by atoms with E-state index >= 15 is 0 Å². The monoisotopic (exact) mass is 215 g/mol. The summed E-state index contributed by atoms with van der Waals surface area (Å²) in [5.74, 6) is 0. The third-order valence-corrected chi connectivity index (χ3v) is 2.43. The van der Waals surface area contributed by atoms with Crippen LogP contribution in [0.25, 0.3) is 0 Å². The van der Waals surface area contributed by atoms with Gasteiger partial charge in [0.05, 0.1) is 24.4 Å². The Hall–Kier alpha value is -0.490. The largest absolute Gasteiger partial charge is 0.379 e. The van der Waals surface area contributed by atoms with Gasteiger partial charge >= 0.3 is 0 Å². The van der Waals surface area contributed by atoms with E-state index in [0.29, 0.717) is 13.2 Å². The van der Waals surface area contributed by atoms with Gasteiger partial charge in [-0.25, -0.2) is 4.98 Å². The summed E-state index contributed by atoms with van der Waals surface area (Å²) < 4.78 is 5.29. The van der Waals surface area contributed by atoms with Gasteiger partial charge in [-0.05, 0) is 7.05 Å². The Kier molecular flexibility index (Phi) is 5.70. The van der Waals surface area contributed by atoms with E-state index in [1.807, 2.05) is 5.51 Å². The van der Waals surface area contributed by atoms with Gasteiger partial charge in [-0.3, -0.25) is 4.90 Å². The fourth-order valence-corrected chi connectivity index (χ4v) is 1.63. The predicted octanol–water partition coefficient (Wildman–Crippen LogP) is 0.550. The molecule has 0 atom stereocenters. The quantitative estimate of drug-likeness (QED) is 0.675. The summed E-state index contributed by atoms with van der Waals surface area (Å²) >= 11 is 1.63. The van der Waals surface area contributed by atoms with Crippen molar-refractivity contribution < 1.29 is 4.74 Å². The first-order chi connectivity index (χ1) is 6.83. The Bertz CT molecular complexity index is 228. The minimum Gasteiger partial charge on any atom is -0.379 e. The second-order valence-electron chi connectivity index (χ2n) is 3.12. The van der Waals surface area contributed by atoms with Crippen LogP contribution < -0.4 is 5.73 Å². The Morgan fingerprint density at radius 1 is 1.57 bits per heavy atom. The van der Waals surface area contributed by atoms with Crippen LogP contribution in [0.5, 0.6) is 0 Å². The number of rotatable bonds is 7. The third-order valence-electron chi connectivity index (χ3n) is 1.79. The second kappa shape index (κ2) is 6.89. The maximum atomic E-state index is 5.31. The first-order valence-corrected chi connectivity index (χ1v) is 5.60. The smallest absolute Gasteiger partial charge is 0.0795 e. The molecule has 0 spiro atoms. The number of likely N-dealkylation sites (N-methyl/N-ethyl adjacent to an activating group) is 1.